The highest BCUT2D eigenvalue weighted by Gasteiger charge is 2.09. The lowest BCUT2D eigenvalue weighted by Crippen LogP contribution is -1.98. The molecule has 34 heavy (non-hydrogen) atoms. The number of rotatable bonds is 6. The van der Waals surface area contributed by atoms with E-state index in [1.54, 1.807) is 7.11 Å². The first-order chi connectivity index (χ1) is 16.7. The molecule has 0 saturated carbocycles. The molecule has 5 rings (SSSR count). The van der Waals surface area contributed by atoms with Crippen molar-refractivity contribution in [2.75, 3.05) is 7.11 Å². The molecule has 5 aromatic carbocycles. The summed E-state index contributed by atoms with van der Waals surface area (Å²) in [5.74, 6) is 1.29. The number of ether oxygens (including phenoxy) is 2. The molecule has 0 heterocycles. The Morgan fingerprint density at radius 2 is 1.53 bits per heavy atom. The largest absolute Gasteiger partial charge is 0.493 e. The van der Waals surface area contributed by atoms with Crippen LogP contribution in [0.5, 0.6) is 11.5 Å². The molecule has 5 aromatic rings. The van der Waals surface area contributed by atoms with Gasteiger partial charge >= 0.3 is 0 Å². The third-order valence-corrected chi connectivity index (χ3v) is 5.94. The average molecular weight is 442 g/mol. The third-order valence-electron chi connectivity index (χ3n) is 5.94. The molecule has 0 aromatic heterocycles. The monoisotopic (exact) mass is 441 g/mol. The van der Waals surface area contributed by atoms with Crippen molar-refractivity contribution in [3.8, 4) is 17.6 Å². The second kappa shape index (κ2) is 9.52. The summed E-state index contributed by atoms with van der Waals surface area (Å²) in [5.41, 5.74) is 3.47. The fraction of sp³-hybridized carbons (Fsp3) is 0.0645. The maximum Gasteiger partial charge on any atom is 0.161 e. The Balaban J connectivity index is 1.41. The highest BCUT2D eigenvalue weighted by molar-refractivity contribution is 5.94. The smallest absolute Gasteiger partial charge is 0.161 e. The molecular weight excluding hydrogens is 418 g/mol. The topological polar surface area (TPSA) is 42.2 Å². The highest BCUT2D eigenvalue weighted by atomic mass is 16.5. The molecule has 0 aliphatic heterocycles. The van der Waals surface area contributed by atoms with Crippen molar-refractivity contribution in [2.45, 2.75) is 6.61 Å². The van der Waals surface area contributed by atoms with Gasteiger partial charge in [0.15, 0.2) is 11.5 Å². The molecule has 0 aliphatic carbocycles. The van der Waals surface area contributed by atoms with Gasteiger partial charge in [-0.25, -0.2) is 0 Å². The van der Waals surface area contributed by atoms with Gasteiger partial charge in [0, 0.05) is 0 Å². The van der Waals surface area contributed by atoms with E-state index in [2.05, 4.69) is 42.5 Å². The quantitative estimate of drug-likeness (QED) is 0.201. The summed E-state index contributed by atoms with van der Waals surface area (Å²) >= 11 is 0. The number of methoxy groups -OCH3 is 1. The first-order valence-corrected chi connectivity index (χ1v) is 11.1. The maximum absolute atomic E-state index is 9.82. The Kier molecular flexibility index (Phi) is 5.97. The van der Waals surface area contributed by atoms with Gasteiger partial charge in [0.05, 0.1) is 18.8 Å². The Labute approximate surface area is 199 Å². The van der Waals surface area contributed by atoms with Crippen LogP contribution in [-0.4, -0.2) is 7.11 Å². The fourth-order valence-corrected chi connectivity index (χ4v) is 4.17. The summed E-state index contributed by atoms with van der Waals surface area (Å²) in [5, 5.41) is 14.4. The van der Waals surface area contributed by atoms with E-state index >= 15 is 0 Å². The van der Waals surface area contributed by atoms with Crippen LogP contribution in [0.3, 0.4) is 0 Å². The Hall–Kier alpha value is -4.55. The van der Waals surface area contributed by atoms with Crippen molar-refractivity contribution in [2.24, 2.45) is 0 Å². The fourth-order valence-electron chi connectivity index (χ4n) is 4.17. The zero-order valence-electron chi connectivity index (χ0n) is 18.9. The zero-order chi connectivity index (χ0) is 23.3. The normalized spacial score (nSPS) is 11.4. The lowest BCUT2D eigenvalue weighted by atomic mass is 10.00. The highest BCUT2D eigenvalue weighted by Crippen LogP contribution is 2.31. The van der Waals surface area contributed by atoms with Gasteiger partial charge in [-0.1, -0.05) is 84.9 Å². The second-order valence-corrected chi connectivity index (χ2v) is 8.07. The van der Waals surface area contributed by atoms with Crippen LogP contribution in [0.25, 0.3) is 33.2 Å². The summed E-state index contributed by atoms with van der Waals surface area (Å²) < 4.78 is 11.7. The van der Waals surface area contributed by atoms with E-state index in [9.17, 15) is 5.26 Å². The second-order valence-electron chi connectivity index (χ2n) is 8.07. The Morgan fingerprint density at radius 1 is 0.765 bits per heavy atom. The van der Waals surface area contributed by atoms with E-state index in [0.717, 1.165) is 27.5 Å². The standard InChI is InChI=1S/C31H23NO2/c1-33-31-18-22(17-28(20-32)26-15-14-23-7-2-3-9-25(23)19-26)13-16-30(31)34-21-27-11-6-10-24-8-4-5-12-29(24)27/h2-19H,21H2,1H3/b28-17-. The van der Waals surface area contributed by atoms with Crippen LogP contribution in [0.4, 0.5) is 0 Å². The molecule has 0 spiro atoms. The van der Waals surface area contributed by atoms with Gasteiger partial charge in [0.25, 0.3) is 0 Å². The predicted molar refractivity (Wildman–Crippen MR) is 139 cm³/mol. The van der Waals surface area contributed by atoms with Crippen LogP contribution >= 0.6 is 0 Å². The molecule has 0 fully saturated rings. The molecular formula is C31H23NO2. The molecule has 0 atom stereocenters. The van der Waals surface area contributed by atoms with Crippen LogP contribution < -0.4 is 9.47 Å². The minimum absolute atomic E-state index is 0.438. The van der Waals surface area contributed by atoms with E-state index in [-0.39, 0.29) is 0 Å². The molecule has 0 unspecified atom stereocenters. The van der Waals surface area contributed by atoms with Gasteiger partial charge in [-0.2, -0.15) is 5.26 Å². The van der Waals surface area contributed by atoms with Crippen molar-refractivity contribution in [3.05, 3.63) is 120 Å². The Morgan fingerprint density at radius 3 is 2.35 bits per heavy atom. The first-order valence-electron chi connectivity index (χ1n) is 11.1. The molecule has 0 radical (unpaired) electrons. The van der Waals surface area contributed by atoms with Crippen molar-refractivity contribution in [3.63, 3.8) is 0 Å². The van der Waals surface area contributed by atoms with Gasteiger partial charge in [0.2, 0.25) is 0 Å². The third kappa shape index (κ3) is 4.35. The molecule has 0 saturated heterocycles. The van der Waals surface area contributed by atoms with Gasteiger partial charge in [-0.05, 0) is 62.5 Å². The number of allylic oxidation sites excluding steroid dienone is 1. The number of hydrogen-bond acceptors (Lipinski definition) is 3. The van der Waals surface area contributed by atoms with E-state index < -0.39 is 0 Å². The van der Waals surface area contributed by atoms with E-state index in [1.807, 2.05) is 72.8 Å². The van der Waals surface area contributed by atoms with E-state index in [4.69, 9.17) is 9.47 Å². The zero-order valence-corrected chi connectivity index (χ0v) is 18.9. The van der Waals surface area contributed by atoms with Crippen LogP contribution in [0.1, 0.15) is 16.7 Å². The number of nitriles is 1. The van der Waals surface area contributed by atoms with Gasteiger partial charge < -0.3 is 9.47 Å². The molecule has 0 N–H and O–H groups in total. The lowest BCUT2D eigenvalue weighted by molar-refractivity contribution is 0.285. The van der Waals surface area contributed by atoms with Crippen LogP contribution in [0, 0.1) is 11.3 Å². The first kappa shape index (κ1) is 21.3. The van der Waals surface area contributed by atoms with Gasteiger partial charge in [-0.15, -0.1) is 0 Å². The molecule has 0 bridgehead atoms. The van der Waals surface area contributed by atoms with Crippen molar-refractivity contribution in [1.82, 2.24) is 0 Å². The minimum Gasteiger partial charge on any atom is -0.493 e. The van der Waals surface area contributed by atoms with Crippen LogP contribution in [0.15, 0.2) is 103 Å². The summed E-state index contributed by atoms with van der Waals surface area (Å²) in [4.78, 5) is 0. The van der Waals surface area contributed by atoms with Crippen molar-refractivity contribution in [1.29, 1.82) is 5.26 Å². The Bertz CT molecular complexity index is 1550. The van der Waals surface area contributed by atoms with E-state index in [1.165, 1.54) is 10.8 Å². The molecule has 164 valence electrons. The SMILES string of the molecule is COc1cc(/C=C(/C#N)c2ccc3ccccc3c2)ccc1OCc1cccc2ccccc12. The molecule has 3 nitrogen and oxygen atoms in total. The molecule has 0 amide bonds. The summed E-state index contributed by atoms with van der Waals surface area (Å²) in [6.07, 6.45) is 1.88. The van der Waals surface area contributed by atoms with E-state index in [0.29, 0.717) is 23.7 Å². The van der Waals surface area contributed by atoms with Gasteiger partial charge in [0.1, 0.15) is 6.61 Å². The maximum atomic E-state index is 9.82. The molecule has 0 aliphatic rings. The number of benzene rings is 5. The minimum atomic E-state index is 0.438. The van der Waals surface area contributed by atoms with Crippen LogP contribution in [0.2, 0.25) is 0 Å². The average Bonchev–Trinajstić information content (AvgIpc) is 2.90. The summed E-state index contributed by atoms with van der Waals surface area (Å²) in [7, 11) is 1.63. The van der Waals surface area contributed by atoms with Crippen molar-refractivity contribution >= 4 is 33.2 Å². The summed E-state index contributed by atoms with van der Waals surface area (Å²) in [6, 6.07) is 36.8. The molecule has 3 heteroatoms. The predicted octanol–water partition coefficient (Wildman–Crippen LogP) is 7.64. The number of nitrogens with zero attached hydrogens (tertiary/aromatic N) is 1. The number of fused-ring (bicyclic) bond motifs is 2. The lowest BCUT2D eigenvalue weighted by Gasteiger charge is -2.13. The number of hydrogen-bond donors (Lipinski definition) is 0. The summed E-state index contributed by atoms with van der Waals surface area (Å²) in [6.45, 7) is 0.438. The van der Waals surface area contributed by atoms with Crippen molar-refractivity contribution < 1.29 is 9.47 Å². The van der Waals surface area contributed by atoms with Crippen LogP contribution in [-0.2, 0) is 6.61 Å². The van der Waals surface area contributed by atoms with Gasteiger partial charge in [-0.3, -0.25) is 0 Å².